The van der Waals surface area contributed by atoms with Crippen LogP contribution < -0.4 is 16.2 Å². The van der Waals surface area contributed by atoms with Gasteiger partial charge in [0, 0.05) is 11.5 Å². The first-order valence-corrected chi connectivity index (χ1v) is 17.5. The summed E-state index contributed by atoms with van der Waals surface area (Å²) >= 11 is 0. The highest BCUT2D eigenvalue weighted by Gasteiger charge is 2.43. The third-order valence-electron chi connectivity index (χ3n) is 9.59. The lowest BCUT2D eigenvalue weighted by atomic mass is 9.34. The Labute approximate surface area is 266 Å². The highest BCUT2D eigenvalue weighted by molar-refractivity contribution is 7.05. The van der Waals surface area contributed by atoms with Crippen LogP contribution >= 0.6 is 0 Å². The van der Waals surface area contributed by atoms with E-state index in [4.69, 9.17) is 4.98 Å². The average Bonchev–Trinajstić information content (AvgIpc) is 3.37. The summed E-state index contributed by atoms with van der Waals surface area (Å²) < 4.78 is 0. The SMILES string of the molecule is Cc1cc(C)c(B(c2c(C)cc(C)cc2C)C2C(c3ccccc3)=C(c3ccccc3)C=[Si]2c2nccc(C)c2C)c(C)c1. The van der Waals surface area contributed by atoms with E-state index in [2.05, 4.69) is 152 Å². The van der Waals surface area contributed by atoms with Crippen LogP contribution in [0.3, 0.4) is 0 Å². The fourth-order valence-electron chi connectivity index (χ4n) is 7.78. The molecule has 1 unspecified atom stereocenters. The third kappa shape index (κ3) is 5.39. The van der Waals surface area contributed by atoms with Gasteiger partial charge in [-0.3, -0.25) is 4.98 Å². The van der Waals surface area contributed by atoms with E-state index in [1.807, 2.05) is 6.20 Å². The van der Waals surface area contributed by atoms with Gasteiger partial charge in [0.1, 0.15) is 0 Å². The van der Waals surface area contributed by atoms with Gasteiger partial charge in [-0.25, -0.2) is 0 Å². The Morgan fingerprint density at radius 1 is 0.568 bits per heavy atom. The van der Waals surface area contributed by atoms with Crippen molar-refractivity contribution in [1.29, 1.82) is 0 Å². The Morgan fingerprint density at radius 2 is 1.05 bits per heavy atom. The van der Waals surface area contributed by atoms with Gasteiger partial charge in [0.2, 0.25) is 6.71 Å². The van der Waals surface area contributed by atoms with Gasteiger partial charge in [-0.1, -0.05) is 135 Å². The predicted molar refractivity (Wildman–Crippen MR) is 195 cm³/mol. The van der Waals surface area contributed by atoms with E-state index in [1.165, 1.54) is 83.0 Å². The number of pyridine rings is 1. The third-order valence-corrected chi connectivity index (χ3v) is 12.5. The molecule has 1 aliphatic rings. The number of rotatable bonds is 6. The number of hydrogen-bond acceptors (Lipinski definition) is 1. The highest BCUT2D eigenvalue weighted by Crippen LogP contribution is 2.42. The second-order valence-electron chi connectivity index (χ2n) is 12.8. The Kier molecular flexibility index (Phi) is 8.26. The zero-order chi connectivity index (χ0) is 31.1. The fourth-order valence-corrected chi connectivity index (χ4v) is 11.2. The van der Waals surface area contributed by atoms with E-state index in [0.29, 0.717) is 0 Å². The van der Waals surface area contributed by atoms with Gasteiger partial charge in [0.25, 0.3) is 0 Å². The first-order valence-electron chi connectivity index (χ1n) is 15.8. The monoisotopic (exact) mass is 587 g/mol. The first kappa shape index (κ1) is 30.0. The largest absolute Gasteiger partial charge is 0.262 e. The van der Waals surface area contributed by atoms with Crippen LogP contribution in [0.15, 0.2) is 97.2 Å². The van der Waals surface area contributed by atoms with E-state index in [-0.39, 0.29) is 12.2 Å². The van der Waals surface area contributed by atoms with E-state index >= 15 is 0 Å². The summed E-state index contributed by atoms with van der Waals surface area (Å²) in [4.78, 5) is 5.20. The Hall–Kier alpha value is -4.08. The van der Waals surface area contributed by atoms with Crippen LogP contribution in [0.25, 0.3) is 11.1 Å². The normalized spacial score (nSPS) is 14.6. The van der Waals surface area contributed by atoms with E-state index < -0.39 is 8.41 Å². The minimum atomic E-state index is -1.36. The van der Waals surface area contributed by atoms with Crippen molar-refractivity contribution in [2.24, 2.45) is 0 Å². The minimum absolute atomic E-state index is 0.180. The summed E-state index contributed by atoms with van der Waals surface area (Å²) in [5.74, 6) is 0. The molecule has 6 rings (SSSR count). The summed E-state index contributed by atoms with van der Waals surface area (Å²) in [5, 5.41) is 1.29. The van der Waals surface area contributed by atoms with Gasteiger partial charge in [0.05, 0.1) is 8.41 Å². The van der Waals surface area contributed by atoms with E-state index in [0.717, 1.165) is 0 Å². The summed E-state index contributed by atoms with van der Waals surface area (Å²) in [6.07, 6.45) is 2.03. The lowest BCUT2D eigenvalue weighted by Gasteiger charge is -2.32. The molecule has 1 nitrogen and oxygen atoms in total. The molecule has 0 spiro atoms. The van der Waals surface area contributed by atoms with Crippen molar-refractivity contribution < 1.29 is 0 Å². The second kappa shape index (κ2) is 12.1. The van der Waals surface area contributed by atoms with Crippen molar-refractivity contribution in [3.8, 4) is 0 Å². The van der Waals surface area contributed by atoms with Crippen molar-refractivity contribution in [3.05, 3.63) is 153 Å². The molecule has 1 aromatic heterocycles. The molecule has 0 N–H and O–H groups in total. The highest BCUT2D eigenvalue weighted by atomic mass is 28.2. The number of aryl methyl sites for hydroxylation is 7. The average molecular weight is 588 g/mol. The van der Waals surface area contributed by atoms with Crippen LogP contribution in [0.4, 0.5) is 0 Å². The standard InChI is InChI=1S/C41H42BNSi/c1-26-21-29(4)38(30(5)22-26)42(39-31(6)23-27(2)24-32(39)7)40-37(35-17-13-10-14-18-35)36(34-15-11-9-12-16-34)25-44(40)41-33(8)28(3)19-20-43-41/h9-25,40H,1-8H3. The van der Waals surface area contributed by atoms with Crippen LogP contribution in [-0.2, 0) is 0 Å². The van der Waals surface area contributed by atoms with Gasteiger partial charge in [0.15, 0.2) is 0 Å². The lowest BCUT2D eigenvalue weighted by Crippen LogP contribution is -2.55. The zero-order valence-electron chi connectivity index (χ0n) is 27.4. The van der Waals surface area contributed by atoms with E-state index in [9.17, 15) is 0 Å². The smallest absolute Gasteiger partial charge is 0.219 e. The van der Waals surface area contributed by atoms with Crippen LogP contribution in [0.1, 0.15) is 55.6 Å². The van der Waals surface area contributed by atoms with Crippen molar-refractivity contribution in [2.75, 3.05) is 0 Å². The molecule has 2 heterocycles. The molecule has 218 valence electrons. The molecule has 1 atom stereocenters. The topological polar surface area (TPSA) is 12.9 Å². The molecule has 0 fully saturated rings. The van der Waals surface area contributed by atoms with Gasteiger partial charge in [-0.15, -0.1) is 0 Å². The van der Waals surface area contributed by atoms with Crippen molar-refractivity contribution in [1.82, 2.24) is 4.98 Å². The molecule has 0 saturated heterocycles. The molecule has 0 saturated carbocycles. The maximum Gasteiger partial charge on any atom is 0.219 e. The Morgan fingerprint density at radius 3 is 1.55 bits per heavy atom. The predicted octanol–water partition coefficient (Wildman–Crippen LogP) is 7.48. The van der Waals surface area contributed by atoms with Gasteiger partial charge >= 0.3 is 0 Å². The minimum Gasteiger partial charge on any atom is -0.262 e. The van der Waals surface area contributed by atoms with E-state index in [1.54, 1.807) is 0 Å². The van der Waals surface area contributed by atoms with Crippen molar-refractivity contribution in [2.45, 2.75) is 60.8 Å². The summed E-state index contributed by atoms with van der Waals surface area (Å²) in [6.45, 7) is 18.4. The summed E-state index contributed by atoms with van der Waals surface area (Å²) in [5.41, 5.74) is 22.1. The molecule has 0 radical (unpaired) electrons. The Bertz CT molecular complexity index is 1830. The number of benzene rings is 4. The molecule has 44 heavy (non-hydrogen) atoms. The maximum absolute atomic E-state index is 5.20. The van der Waals surface area contributed by atoms with Gasteiger partial charge in [-0.2, -0.15) is 0 Å². The maximum atomic E-state index is 5.20. The van der Waals surface area contributed by atoms with Crippen LogP contribution in [0.2, 0.25) is 5.44 Å². The number of hydrogen-bond donors (Lipinski definition) is 0. The summed E-state index contributed by atoms with van der Waals surface area (Å²) in [6, 6.07) is 33.9. The lowest BCUT2D eigenvalue weighted by molar-refractivity contribution is 1.25. The molecule has 0 bridgehead atoms. The molecule has 0 amide bonds. The molecular weight excluding hydrogens is 545 g/mol. The number of nitrogens with zero attached hydrogens (tertiary/aromatic N) is 1. The molecule has 4 aromatic carbocycles. The molecule has 1 aliphatic heterocycles. The molecule has 3 heteroatoms. The Balaban J connectivity index is 1.78. The summed E-state index contributed by atoms with van der Waals surface area (Å²) in [7, 11) is -1.36. The molecular formula is C41H42BNSi. The van der Waals surface area contributed by atoms with Crippen LogP contribution in [0, 0.1) is 55.4 Å². The van der Waals surface area contributed by atoms with Crippen LogP contribution in [0.5, 0.6) is 0 Å². The number of allylic oxidation sites excluding steroid dienone is 2. The van der Waals surface area contributed by atoms with Gasteiger partial charge in [-0.05, 0) is 100 Å². The van der Waals surface area contributed by atoms with Crippen molar-refractivity contribution >= 4 is 48.2 Å². The number of aromatic nitrogens is 1. The molecule has 5 aromatic rings. The first-order chi connectivity index (χ1) is 21.2. The fraction of sp³-hybridized carbons (Fsp3) is 0.220. The van der Waals surface area contributed by atoms with Crippen molar-refractivity contribution in [3.63, 3.8) is 0 Å². The molecule has 0 aliphatic carbocycles. The van der Waals surface area contributed by atoms with Gasteiger partial charge < -0.3 is 0 Å². The van der Waals surface area contributed by atoms with Crippen LogP contribution in [-0.4, -0.2) is 25.8 Å². The second-order valence-corrected chi connectivity index (χ2v) is 15.1. The quantitative estimate of drug-likeness (QED) is 0.188. The zero-order valence-corrected chi connectivity index (χ0v) is 28.4.